The van der Waals surface area contributed by atoms with E-state index in [-0.39, 0.29) is 35.9 Å². The Labute approximate surface area is 197 Å². The molecular weight excluding hydrogens is 426 g/mol. The molecule has 1 spiro atoms. The van der Waals surface area contributed by atoms with Gasteiger partial charge in [0, 0.05) is 7.11 Å². The van der Waals surface area contributed by atoms with E-state index in [2.05, 4.69) is 32.2 Å². The SMILES string of the molecule is COC(=O)C(NCC(=O)O[C@@H]1CC[C@]2(CO2)[C@@H]([C@]2(C)O[C@@H]2CC=C(C)C)[C@@H]1OC)C(C)(C)C. The number of epoxide rings is 2. The lowest BCUT2D eigenvalue weighted by Gasteiger charge is -2.42. The number of rotatable bonds is 9. The lowest BCUT2D eigenvalue weighted by atomic mass is 9.68. The maximum absolute atomic E-state index is 12.7. The summed E-state index contributed by atoms with van der Waals surface area (Å²) in [6.07, 6.45) is 3.86. The normalized spacial score (nSPS) is 36.1. The number of hydrogen-bond acceptors (Lipinski definition) is 8. The van der Waals surface area contributed by atoms with Crippen LogP contribution in [0.2, 0.25) is 0 Å². The van der Waals surface area contributed by atoms with Crippen LogP contribution in [0.5, 0.6) is 0 Å². The van der Waals surface area contributed by atoms with Crippen LogP contribution < -0.4 is 5.32 Å². The number of carbonyl (C=O) groups excluding carboxylic acids is 2. The van der Waals surface area contributed by atoms with E-state index < -0.39 is 29.5 Å². The summed E-state index contributed by atoms with van der Waals surface area (Å²) in [6.45, 7) is 12.6. The summed E-state index contributed by atoms with van der Waals surface area (Å²) in [6, 6.07) is -0.620. The second-order valence-corrected chi connectivity index (χ2v) is 11.1. The summed E-state index contributed by atoms with van der Waals surface area (Å²) in [5, 5.41) is 3.00. The van der Waals surface area contributed by atoms with E-state index in [1.165, 1.54) is 12.7 Å². The molecule has 3 fully saturated rings. The van der Waals surface area contributed by atoms with Gasteiger partial charge in [-0.1, -0.05) is 32.4 Å². The fourth-order valence-corrected chi connectivity index (χ4v) is 5.33. The highest BCUT2D eigenvalue weighted by Gasteiger charge is 2.72. The summed E-state index contributed by atoms with van der Waals surface area (Å²) in [7, 11) is 3.00. The van der Waals surface area contributed by atoms with Crippen LogP contribution in [-0.4, -0.2) is 74.9 Å². The predicted octanol–water partition coefficient (Wildman–Crippen LogP) is 2.78. The van der Waals surface area contributed by atoms with E-state index in [9.17, 15) is 9.59 Å². The van der Waals surface area contributed by atoms with Crippen molar-refractivity contribution in [3.63, 3.8) is 0 Å². The highest BCUT2D eigenvalue weighted by atomic mass is 16.6. The Morgan fingerprint density at radius 2 is 1.91 bits per heavy atom. The molecule has 1 aliphatic carbocycles. The van der Waals surface area contributed by atoms with Gasteiger partial charge in [0.2, 0.25) is 0 Å². The van der Waals surface area contributed by atoms with Gasteiger partial charge in [0.15, 0.2) is 0 Å². The molecule has 3 aliphatic rings. The molecule has 2 aliphatic heterocycles. The van der Waals surface area contributed by atoms with E-state index in [0.29, 0.717) is 13.0 Å². The highest BCUT2D eigenvalue weighted by molar-refractivity contribution is 5.78. The average molecular weight is 468 g/mol. The number of methoxy groups -OCH3 is 2. The summed E-state index contributed by atoms with van der Waals surface area (Å²) in [4.78, 5) is 24.9. The molecule has 1 saturated carbocycles. The lowest BCUT2D eigenvalue weighted by molar-refractivity contribution is -0.171. The van der Waals surface area contributed by atoms with Crippen molar-refractivity contribution >= 4 is 11.9 Å². The van der Waals surface area contributed by atoms with E-state index >= 15 is 0 Å². The van der Waals surface area contributed by atoms with Crippen LogP contribution in [0.4, 0.5) is 0 Å². The van der Waals surface area contributed by atoms with Gasteiger partial charge in [-0.15, -0.1) is 0 Å². The average Bonchev–Trinajstić information content (AvgIpc) is 3.64. The fraction of sp³-hybridized carbons (Fsp3) is 0.840. The van der Waals surface area contributed by atoms with Crippen molar-refractivity contribution in [3.05, 3.63) is 11.6 Å². The molecule has 0 bridgehead atoms. The first-order valence-corrected chi connectivity index (χ1v) is 11.9. The molecule has 0 aromatic rings. The van der Waals surface area contributed by atoms with E-state index in [1.807, 2.05) is 20.8 Å². The van der Waals surface area contributed by atoms with Crippen LogP contribution in [0.3, 0.4) is 0 Å². The Balaban J connectivity index is 1.66. The minimum atomic E-state index is -0.620. The van der Waals surface area contributed by atoms with Gasteiger partial charge in [0.25, 0.3) is 0 Å². The van der Waals surface area contributed by atoms with Crippen LogP contribution >= 0.6 is 0 Å². The minimum absolute atomic E-state index is 0.0255. The van der Waals surface area contributed by atoms with Crippen molar-refractivity contribution in [2.24, 2.45) is 11.3 Å². The summed E-state index contributed by atoms with van der Waals surface area (Å²) in [5.74, 6) is -0.853. The first kappa shape index (κ1) is 26.1. The first-order chi connectivity index (χ1) is 15.4. The zero-order chi connectivity index (χ0) is 24.6. The number of allylic oxidation sites excluding steroid dienone is 1. The molecule has 8 heteroatoms. The summed E-state index contributed by atoms with van der Waals surface area (Å²) >= 11 is 0. The van der Waals surface area contributed by atoms with Gasteiger partial charge in [-0.25, -0.2) is 0 Å². The second kappa shape index (κ2) is 9.64. The maximum atomic E-state index is 12.7. The van der Waals surface area contributed by atoms with E-state index in [0.717, 1.165) is 12.8 Å². The summed E-state index contributed by atoms with van der Waals surface area (Å²) < 4.78 is 28.8. The summed E-state index contributed by atoms with van der Waals surface area (Å²) in [5.41, 5.74) is 0.205. The Morgan fingerprint density at radius 3 is 2.42 bits per heavy atom. The number of carbonyl (C=O) groups is 2. The third kappa shape index (κ3) is 5.61. The molecule has 3 rings (SSSR count). The van der Waals surface area contributed by atoms with Crippen LogP contribution in [0.15, 0.2) is 11.6 Å². The van der Waals surface area contributed by atoms with Gasteiger partial charge in [0.05, 0.1) is 32.3 Å². The minimum Gasteiger partial charge on any atom is -0.468 e. The molecule has 0 amide bonds. The van der Waals surface area contributed by atoms with Gasteiger partial charge >= 0.3 is 11.9 Å². The molecule has 7 atom stereocenters. The smallest absolute Gasteiger partial charge is 0.323 e. The molecule has 2 heterocycles. The van der Waals surface area contributed by atoms with Crippen LogP contribution in [0, 0.1) is 11.3 Å². The van der Waals surface area contributed by atoms with Gasteiger partial charge in [0.1, 0.15) is 29.5 Å². The van der Waals surface area contributed by atoms with Gasteiger partial charge in [-0.05, 0) is 45.4 Å². The maximum Gasteiger partial charge on any atom is 0.323 e. The highest BCUT2D eigenvalue weighted by Crippen LogP contribution is 2.59. The predicted molar refractivity (Wildman–Crippen MR) is 123 cm³/mol. The molecule has 0 radical (unpaired) electrons. The van der Waals surface area contributed by atoms with Crippen LogP contribution in [0.1, 0.15) is 60.8 Å². The van der Waals surface area contributed by atoms with Crippen LogP contribution in [0.25, 0.3) is 0 Å². The molecule has 188 valence electrons. The molecule has 0 aromatic carbocycles. The Morgan fingerprint density at radius 1 is 1.24 bits per heavy atom. The number of ether oxygens (including phenoxy) is 5. The van der Waals surface area contributed by atoms with E-state index in [4.69, 9.17) is 23.7 Å². The fourth-order valence-electron chi connectivity index (χ4n) is 5.33. The molecular formula is C25H41NO7. The van der Waals surface area contributed by atoms with Crippen molar-refractivity contribution in [2.45, 2.75) is 96.4 Å². The molecule has 8 nitrogen and oxygen atoms in total. The van der Waals surface area contributed by atoms with Crippen LogP contribution in [-0.2, 0) is 33.3 Å². The third-order valence-corrected chi connectivity index (χ3v) is 7.27. The molecule has 2 saturated heterocycles. The van der Waals surface area contributed by atoms with Crippen molar-refractivity contribution in [2.75, 3.05) is 27.4 Å². The number of esters is 2. The molecule has 0 aromatic heterocycles. The number of hydrogen-bond donors (Lipinski definition) is 1. The van der Waals surface area contributed by atoms with Gasteiger partial charge in [-0.2, -0.15) is 0 Å². The van der Waals surface area contributed by atoms with Crippen molar-refractivity contribution < 1.29 is 33.3 Å². The lowest BCUT2D eigenvalue weighted by Crippen LogP contribution is -2.56. The molecule has 1 unspecified atom stereocenters. The van der Waals surface area contributed by atoms with Gasteiger partial charge in [-0.3, -0.25) is 14.9 Å². The zero-order valence-electron chi connectivity index (χ0n) is 21.4. The first-order valence-electron chi connectivity index (χ1n) is 11.9. The van der Waals surface area contributed by atoms with Crippen molar-refractivity contribution in [1.82, 2.24) is 5.32 Å². The second-order valence-electron chi connectivity index (χ2n) is 11.1. The number of nitrogens with one attached hydrogen (secondary N) is 1. The Bertz CT molecular complexity index is 765. The quantitative estimate of drug-likeness (QED) is 0.314. The topological polar surface area (TPSA) is 98.9 Å². The van der Waals surface area contributed by atoms with Crippen molar-refractivity contribution in [3.8, 4) is 0 Å². The zero-order valence-corrected chi connectivity index (χ0v) is 21.4. The largest absolute Gasteiger partial charge is 0.468 e. The van der Waals surface area contributed by atoms with Crippen molar-refractivity contribution in [1.29, 1.82) is 0 Å². The van der Waals surface area contributed by atoms with E-state index in [1.54, 1.807) is 7.11 Å². The van der Waals surface area contributed by atoms with Gasteiger partial charge < -0.3 is 23.7 Å². The Kier molecular flexibility index (Phi) is 7.63. The Hall–Kier alpha value is -1.48. The third-order valence-electron chi connectivity index (χ3n) is 7.27. The standard InChI is InChI=1S/C25H41NO7/c1-15(2)9-10-17-24(6,33-17)20-19(29-7)16(11-12-25(20)14-31-25)32-18(27)13-26-21(22(28)30-8)23(3,4)5/h9,16-17,19-21,26H,10-14H2,1-8H3/t16-,17-,19-,20-,21?,24-,25+/m1/s1. The monoisotopic (exact) mass is 467 g/mol. The molecule has 33 heavy (non-hydrogen) atoms. The molecule has 1 N–H and O–H groups in total.